The highest BCUT2D eigenvalue weighted by Gasteiger charge is 2.34. The third-order valence-electron chi connectivity index (χ3n) is 3.13. The molecule has 1 aromatic heterocycles. The van der Waals surface area contributed by atoms with E-state index in [9.17, 15) is 4.79 Å². The van der Waals surface area contributed by atoms with Crippen LogP contribution in [0.4, 0.5) is 0 Å². The van der Waals surface area contributed by atoms with Gasteiger partial charge in [0.15, 0.2) is 8.07 Å². The summed E-state index contributed by atoms with van der Waals surface area (Å²) < 4.78 is 10.4. The monoisotopic (exact) mass is 260 g/mol. The van der Waals surface area contributed by atoms with Crippen LogP contribution >= 0.6 is 0 Å². The first-order valence-electron chi connectivity index (χ1n) is 5.79. The van der Waals surface area contributed by atoms with Gasteiger partial charge in [0, 0.05) is 0 Å². The molecule has 2 rings (SSSR count). The van der Waals surface area contributed by atoms with Crippen LogP contribution < -0.4 is 10.6 Å². The van der Waals surface area contributed by atoms with E-state index in [2.05, 4.69) is 25.2 Å². The first-order valence-corrected chi connectivity index (χ1v) is 8.79. The van der Waals surface area contributed by atoms with Crippen molar-refractivity contribution in [3.05, 3.63) is 48.2 Å². The fourth-order valence-corrected chi connectivity index (χ4v) is 4.56. The lowest BCUT2D eigenvalue weighted by atomic mass is 10.3. The SMILES string of the molecule is COC(=O)c1ccoc1[Si](C)(C)c1ccccc1. The largest absolute Gasteiger partial charge is 0.473 e. The Kier molecular flexibility index (Phi) is 3.38. The summed E-state index contributed by atoms with van der Waals surface area (Å²) in [4.78, 5) is 11.7. The molecule has 0 saturated carbocycles. The van der Waals surface area contributed by atoms with Gasteiger partial charge in [-0.25, -0.2) is 4.79 Å². The molecule has 0 saturated heterocycles. The van der Waals surface area contributed by atoms with Crippen molar-refractivity contribution in [1.29, 1.82) is 0 Å². The molecule has 0 aliphatic carbocycles. The molecule has 3 nitrogen and oxygen atoms in total. The molecule has 1 aromatic carbocycles. The third-order valence-corrected chi connectivity index (χ3v) is 6.43. The smallest absolute Gasteiger partial charge is 0.340 e. The fraction of sp³-hybridized carbons (Fsp3) is 0.214. The number of rotatable bonds is 3. The van der Waals surface area contributed by atoms with E-state index in [1.165, 1.54) is 12.3 Å². The van der Waals surface area contributed by atoms with Crippen LogP contribution in [-0.2, 0) is 4.74 Å². The van der Waals surface area contributed by atoms with Crippen LogP contribution in [-0.4, -0.2) is 21.2 Å². The first kappa shape index (κ1) is 12.6. The Hall–Kier alpha value is -1.81. The highest BCUT2D eigenvalue weighted by atomic mass is 28.3. The van der Waals surface area contributed by atoms with Gasteiger partial charge in [-0.1, -0.05) is 48.6 Å². The van der Waals surface area contributed by atoms with Crippen molar-refractivity contribution in [1.82, 2.24) is 0 Å². The third kappa shape index (κ3) is 2.11. The molecule has 0 aliphatic rings. The lowest BCUT2D eigenvalue weighted by Gasteiger charge is -2.21. The molecular formula is C14H16O3Si. The number of furan rings is 1. The average Bonchev–Trinajstić information content (AvgIpc) is 2.89. The summed E-state index contributed by atoms with van der Waals surface area (Å²) in [5.41, 5.74) is 0.540. The van der Waals surface area contributed by atoms with E-state index in [4.69, 9.17) is 9.15 Å². The Bertz CT molecular complexity index is 543. The van der Waals surface area contributed by atoms with Crippen molar-refractivity contribution in [2.45, 2.75) is 13.1 Å². The summed E-state index contributed by atoms with van der Waals surface area (Å²) in [6.45, 7) is 4.32. The van der Waals surface area contributed by atoms with Gasteiger partial charge in [-0.15, -0.1) is 0 Å². The van der Waals surface area contributed by atoms with Gasteiger partial charge in [0.05, 0.1) is 18.9 Å². The van der Waals surface area contributed by atoms with Crippen LogP contribution in [0.3, 0.4) is 0 Å². The molecule has 0 unspecified atom stereocenters. The second kappa shape index (κ2) is 4.82. The zero-order chi connectivity index (χ0) is 13.2. The summed E-state index contributed by atoms with van der Waals surface area (Å²) in [7, 11) is -0.609. The molecule has 0 spiro atoms. The minimum absolute atomic E-state index is 0.338. The van der Waals surface area contributed by atoms with Crippen LogP contribution in [0, 0.1) is 0 Å². The van der Waals surface area contributed by atoms with Gasteiger partial charge in [0.1, 0.15) is 5.38 Å². The summed E-state index contributed by atoms with van der Waals surface area (Å²) in [6, 6.07) is 11.8. The van der Waals surface area contributed by atoms with Gasteiger partial charge in [-0.05, 0) is 6.07 Å². The zero-order valence-electron chi connectivity index (χ0n) is 10.8. The van der Waals surface area contributed by atoms with E-state index in [-0.39, 0.29) is 5.97 Å². The minimum Gasteiger partial charge on any atom is -0.473 e. The Morgan fingerprint density at radius 2 is 1.83 bits per heavy atom. The van der Waals surface area contributed by atoms with Gasteiger partial charge in [-0.3, -0.25) is 0 Å². The fourth-order valence-electron chi connectivity index (χ4n) is 2.05. The van der Waals surface area contributed by atoms with E-state index in [0.29, 0.717) is 5.56 Å². The predicted octanol–water partition coefficient (Wildman–Crippen LogP) is 1.89. The molecule has 0 N–H and O–H groups in total. The van der Waals surface area contributed by atoms with Gasteiger partial charge in [0.25, 0.3) is 0 Å². The van der Waals surface area contributed by atoms with Crippen molar-refractivity contribution in [3.63, 3.8) is 0 Å². The van der Waals surface area contributed by atoms with Crippen LogP contribution in [0.15, 0.2) is 47.1 Å². The lowest BCUT2D eigenvalue weighted by molar-refractivity contribution is 0.0602. The first-order chi connectivity index (χ1) is 8.57. The maximum absolute atomic E-state index is 11.7. The quantitative estimate of drug-likeness (QED) is 0.625. The van der Waals surface area contributed by atoms with Crippen LogP contribution in [0.1, 0.15) is 10.4 Å². The molecule has 0 fully saturated rings. The van der Waals surface area contributed by atoms with E-state index < -0.39 is 8.07 Å². The lowest BCUT2D eigenvalue weighted by Crippen LogP contribution is -2.54. The standard InChI is InChI=1S/C14H16O3Si/c1-16-13(15)12-9-10-17-14(12)18(2,3)11-7-5-4-6-8-11/h4-10H,1-3H3. The topological polar surface area (TPSA) is 39.4 Å². The van der Waals surface area contributed by atoms with Crippen molar-refractivity contribution in [2.24, 2.45) is 0 Å². The Balaban J connectivity index is 2.48. The average molecular weight is 260 g/mol. The molecule has 1 heterocycles. The number of carbonyl (C=O) groups excluding carboxylic acids is 1. The van der Waals surface area contributed by atoms with E-state index in [1.807, 2.05) is 18.2 Å². The Labute approximate surface area is 107 Å². The van der Waals surface area contributed by atoms with Gasteiger partial charge < -0.3 is 9.15 Å². The molecule has 2 aromatic rings. The molecular weight excluding hydrogens is 244 g/mol. The maximum atomic E-state index is 11.7. The van der Waals surface area contributed by atoms with Gasteiger partial charge in [0.2, 0.25) is 0 Å². The normalized spacial score (nSPS) is 11.3. The molecule has 0 aliphatic heterocycles. The van der Waals surface area contributed by atoms with Crippen molar-refractivity contribution >= 4 is 24.6 Å². The summed E-state index contributed by atoms with van der Waals surface area (Å²) >= 11 is 0. The predicted molar refractivity (Wildman–Crippen MR) is 73.2 cm³/mol. The van der Waals surface area contributed by atoms with Gasteiger partial charge >= 0.3 is 5.97 Å². The molecule has 0 bridgehead atoms. The van der Waals surface area contributed by atoms with Crippen LogP contribution in [0.5, 0.6) is 0 Å². The number of benzene rings is 1. The molecule has 0 atom stereocenters. The van der Waals surface area contributed by atoms with Crippen LogP contribution in [0.25, 0.3) is 0 Å². The molecule has 0 radical (unpaired) electrons. The summed E-state index contributed by atoms with van der Waals surface area (Å²) in [5, 5.41) is 1.99. The summed E-state index contributed by atoms with van der Waals surface area (Å²) in [5.74, 6) is -0.338. The number of carbonyl (C=O) groups is 1. The number of ether oxygens (including phenoxy) is 1. The zero-order valence-corrected chi connectivity index (χ0v) is 11.8. The van der Waals surface area contributed by atoms with Crippen molar-refractivity contribution < 1.29 is 13.9 Å². The Morgan fingerprint density at radius 3 is 2.44 bits per heavy atom. The molecule has 94 valence electrons. The highest BCUT2D eigenvalue weighted by molar-refractivity contribution is 7.00. The number of esters is 1. The molecule has 4 heteroatoms. The van der Waals surface area contributed by atoms with Crippen molar-refractivity contribution in [2.75, 3.05) is 7.11 Å². The maximum Gasteiger partial charge on any atom is 0.340 e. The van der Waals surface area contributed by atoms with E-state index in [0.717, 1.165) is 5.38 Å². The minimum atomic E-state index is -1.99. The number of hydrogen-bond donors (Lipinski definition) is 0. The van der Waals surface area contributed by atoms with E-state index >= 15 is 0 Å². The molecule has 18 heavy (non-hydrogen) atoms. The van der Waals surface area contributed by atoms with Crippen LogP contribution in [0.2, 0.25) is 13.1 Å². The molecule has 0 amide bonds. The van der Waals surface area contributed by atoms with Gasteiger partial charge in [-0.2, -0.15) is 0 Å². The second-order valence-corrected chi connectivity index (χ2v) is 8.93. The summed E-state index contributed by atoms with van der Waals surface area (Å²) in [6.07, 6.45) is 1.55. The Morgan fingerprint density at radius 1 is 1.17 bits per heavy atom. The van der Waals surface area contributed by atoms with Crippen molar-refractivity contribution in [3.8, 4) is 0 Å². The second-order valence-electron chi connectivity index (χ2n) is 4.65. The highest BCUT2D eigenvalue weighted by Crippen LogP contribution is 2.10. The number of hydrogen-bond acceptors (Lipinski definition) is 3. The van der Waals surface area contributed by atoms with E-state index in [1.54, 1.807) is 12.3 Å². The number of methoxy groups -OCH3 is 1.